The molecule has 2 rings (SSSR count). The van der Waals surface area contributed by atoms with Crippen molar-refractivity contribution in [3.63, 3.8) is 0 Å². The molecule has 1 unspecified atom stereocenters. The molecule has 17 heavy (non-hydrogen) atoms. The van der Waals surface area contributed by atoms with Crippen molar-refractivity contribution in [2.75, 3.05) is 6.54 Å². The van der Waals surface area contributed by atoms with Gasteiger partial charge in [-0.1, -0.05) is 6.92 Å². The van der Waals surface area contributed by atoms with Gasteiger partial charge in [-0.15, -0.1) is 11.3 Å². The molecule has 2 heterocycles. The zero-order valence-electron chi connectivity index (χ0n) is 10.8. The van der Waals surface area contributed by atoms with Gasteiger partial charge in [-0.05, 0) is 37.4 Å². The number of aryl methyl sites for hydroxylation is 2. The molecule has 0 spiro atoms. The first-order valence-electron chi connectivity index (χ1n) is 5.90. The van der Waals surface area contributed by atoms with Crippen molar-refractivity contribution in [2.45, 2.75) is 26.8 Å². The minimum atomic E-state index is 0.263. The van der Waals surface area contributed by atoms with Crippen LogP contribution in [-0.4, -0.2) is 16.3 Å². The summed E-state index contributed by atoms with van der Waals surface area (Å²) in [5, 5.41) is 10.1. The minimum Gasteiger partial charge on any atom is -0.306 e. The third-order valence-electron chi connectivity index (χ3n) is 3.08. The molecule has 0 radical (unpaired) electrons. The van der Waals surface area contributed by atoms with Crippen molar-refractivity contribution in [1.29, 1.82) is 0 Å². The van der Waals surface area contributed by atoms with E-state index in [9.17, 15) is 0 Å². The second kappa shape index (κ2) is 5.02. The molecule has 0 saturated heterocycles. The van der Waals surface area contributed by atoms with Crippen LogP contribution in [0.2, 0.25) is 0 Å². The maximum absolute atomic E-state index is 4.33. The number of hydrogen-bond donors (Lipinski definition) is 1. The lowest BCUT2D eigenvalue weighted by atomic mass is 10.0. The quantitative estimate of drug-likeness (QED) is 0.903. The van der Waals surface area contributed by atoms with Crippen molar-refractivity contribution in [3.8, 4) is 0 Å². The molecule has 0 fully saturated rings. The van der Waals surface area contributed by atoms with Crippen molar-refractivity contribution < 1.29 is 0 Å². The van der Waals surface area contributed by atoms with Gasteiger partial charge in [-0.3, -0.25) is 4.68 Å². The van der Waals surface area contributed by atoms with Gasteiger partial charge in [0.1, 0.15) is 0 Å². The standard InChI is InChI=1S/C13H19N3S/c1-5-14-13(11-6-9(2)17-8-11)12-7-15-16(4)10(12)3/h6-8,13-14H,5H2,1-4H3. The minimum absolute atomic E-state index is 0.263. The average Bonchev–Trinajstić information content (AvgIpc) is 2.85. The van der Waals surface area contributed by atoms with Gasteiger partial charge in [0, 0.05) is 23.2 Å². The molecule has 0 aliphatic heterocycles. The molecule has 2 aromatic heterocycles. The van der Waals surface area contributed by atoms with Gasteiger partial charge in [0.2, 0.25) is 0 Å². The van der Waals surface area contributed by atoms with Gasteiger partial charge in [0.15, 0.2) is 0 Å². The normalized spacial score (nSPS) is 12.9. The van der Waals surface area contributed by atoms with E-state index in [-0.39, 0.29) is 6.04 Å². The summed E-state index contributed by atoms with van der Waals surface area (Å²) in [5.41, 5.74) is 3.83. The van der Waals surface area contributed by atoms with Gasteiger partial charge in [0.25, 0.3) is 0 Å². The van der Waals surface area contributed by atoms with Crippen LogP contribution in [0.15, 0.2) is 17.6 Å². The predicted octanol–water partition coefficient (Wildman–Crippen LogP) is 2.80. The zero-order valence-corrected chi connectivity index (χ0v) is 11.6. The van der Waals surface area contributed by atoms with Crippen LogP contribution >= 0.6 is 11.3 Å². The largest absolute Gasteiger partial charge is 0.306 e. The topological polar surface area (TPSA) is 29.9 Å². The first-order chi connectivity index (χ1) is 8.13. The fraction of sp³-hybridized carbons (Fsp3) is 0.462. The smallest absolute Gasteiger partial charge is 0.0618 e. The van der Waals surface area contributed by atoms with Crippen LogP contribution in [0, 0.1) is 13.8 Å². The van der Waals surface area contributed by atoms with E-state index in [4.69, 9.17) is 0 Å². The SMILES string of the molecule is CCNC(c1csc(C)c1)c1cnn(C)c1C. The maximum Gasteiger partial charge on any atom is 0.0618 e. The lowest BCUT2D eigenvalue weighted by Crippen LogP contribution is -2.22. The van der Waals surface area contributed by atoms with Crippen LogP contribution in [0.4, 0.5) is 0 Å². The second-order valence-corrected chi connectivity index (χ2v) is 5.41. The third-order valence-corrected chi connectivity index (χ3v) is 3.96. The summed E-state index contributed by atoms with van der Waals surface area (Å²) < 4.78 is 1.93. The van der Waals surface area contributed by atoms with E-state index >= 15 is 0 Å². The van der Waals surface area contributed by atoms with Gasteiger partial charge in [-0.25, -0.2) is 0 Å². The lowest BCUT2D eigenvalue weighted by Gasteiger charge is -2.16. The number of hydrogen-bond acceptors (Lipinski definition) is 3. The summed E-state index contributed by atoms with van der Waals surface area (Å²) in [6.07, 6.45) is 1.97. The first-order valence-corrected chi connectivity index (χ1v) is 6.78. The molecular formula is C13H19N3S. The Balaban J connectivity index is 2.38. The van der Waals surface area contributed by atoms with Crippen LogP contribution < -0.4 is 5.32 Å². The molecule has 92 valence electrons. The summed E-state index contributed by atoms with van der Waals surface area (Å²) in [6.45, 7) is 7.35. The lowest BCUT2D eigenvalue weighted by molar-refractivity contribution is 0.626. The molecular weight excluding hydrogens is 230 g/mol. The Labute approximate surface area is 106 Å². The van der Waals surface area contributed by atoms with Crippen LogP contribution in [0.3, 0.4) is 0 Å². The molecule has 0 saturated carbocycles. The van der Waals surface area contributed by atoms with Crippen molar-refractivity contribution in [2.24, 2.45) is 7.05 Å². The van der Waals surface area contributed by atoms with Crippen LogP contribution in [0.1, 0.15) is 34.7 Å². The van der Waals surface area contributed by atoms with Gasteiger partial charge in [0.05, 0.1) is 12.2 Å². The van der Waals surface area contributed by atoms with E-state index < -0.39 is 0 Å². The van der Waals surface area contributed by atoms with Gasteiger partial charge < -0.3 is 5.32 Å². The van der Waals surface area contributed by atoms with E-state index in [1.165, 1.54) is 21.7 Å². The highest BCUT2D eigenvalue weighted by molar-refractivity contribution is 7.10. The molecule has 0 aromatic carbocycles. The molecule has 0 aliphatic rings. The molecule has 1 N–H and O–H groups in total. The Morgan fingerprint density at radius 2 is 2.24 bits per heavy atom. The van der Waals surface area contributed by atoms with E-state index in [0.29, 0.717) is 0 Å². The Morgan fingerprint density at radius 3 is 2.71 bits per heavy atom. The molecule has 1 atom stereocenters. The Morgan fingerprint density at radius 1 is 1.47 bits per heavy atom. The van der Waals surface area contributed by atoms with E-state index in [0.717, 1.165) is 6.54 Å². The van der Waals surface area contributed by atoms with E-state index in [2.05, 4.69) is 42.6 Å². The highest BCUT2D eigenvalue weighted by atomic mass is 32.1. The third kappa shape index (κ3) is 2.42. The van der Waals surface area contributed by atoms with Gasteiger partial charge in [-0.2, -0.15) is 5.10 Å². The second-order valence-electron chi connectivity index (χ2n) is 4.29. The summed E-state index contributed by atoms with van der Waals surface area (Å²) >= 11 is 1.80. The number of nitrogens with one attached hydrogen (secondary N) is 1. The van der Waals surface area contributed by atoms with E-state index in [1.807, 2.05) is 17.9 Å². The van der Waals surface area contributed by atoms with Crippen molar-refractivity contribution in [3.05, 3.63) is 39.3 Å². The zero-order chi connectivity index (χ0) is 12.4. The predicted molar refractivity (Wildman–Crippen MR) is 72.5 cm³/mol. The number of rotatable bonds is 4. The summed E-state index contributed by atoms with van der Waals surface area (Å²) in [7, 11) is 1.99. The van der Waals surface area contributed by atoms with Crippen molar-refractivity contribution >= 4 is 11.3 Å². The number of aromatic nitrogens is 2. The van der Waals surface area contributed by atoms with E-state index in [1.54, 1.807) is 11.3 Å². The maximum atomic E-state index is 4.33. The average molecular weight is 249 g/mol. The molecule has 3 nitrogen and oxygen atoms in total. The number of nitrogens with zero attached hydrogens (tertiary/aromatic N) is 2. The molecule has 0 aliphatic carbocycles. The molecule has 2 aromatic rings. The van der Waals surface area contributed by atoms with Crippen LogP contribution in [0.5, 0.6) is 0 Å². The van der Waals surface area contributed by atoms with Crippen molar-refractivity contribution in [1.82, 2.24) is 15.1 Å². The Bertz CT molecular complexity index is 498. The van der Waals surface area contributed by atoms with Crippen LogP contribution in [-0.2, 0) is 7.05 Å². The highest BCUT2D eigenvalue weighted by Gasteiger charge is 2.18. The van der Waals surface area contributed by atoms with Gasteiger partial charge >= 0.3 is 0 Å². The summed E-state index contributed by atoms with van der Waals surface area (Å²) in [4.78, 5) is 1.35. The highest BCUT2D eigenvalue weighted by Crippen LogP contribution is 2.27. The Hall–Kier alpha value is -1.13. The molecule has 4 heteroatoms. The Kier molecular flexibility index (Phi) is 3.64. The van der Waals surface area contributed by atoms with Crippen LogP contribution in [0.25, 0.3) is 0 Å². The summed E-state index contributed by atoms with van der Waals surface area (Å²) in [6, 6.07) is 2.52. The monoisotopic (exact) mass is 249 g/mol. The summed E-state index contributed by atoms with van der Waals surface area (Å²) in [5.74, 6) is 0. The fourth-order valence-electron chi connectivity index (χ4n) is 2.03. The molecule has 0 bridgehead atoms. The number of thiophene rings is 1. The molecule has 0 amide bonds. The fourth-order valence-corrected chi connectivity index (χ4v) is 2.76. The first kappa shape index (κ1) is 12.3.